The van der Waals surface area contributed by atoms with E-state index >= 15 is 0 Å². The maximum Gasteiger partial charge on any atom is 0.338 e. The lowest BCUT2D eigenvalue weighted by molar-refractivity contribution is 0.0500. The SMILES string of the molecule is CCCCOC(=O)c1cc(N)c(N2CCCC[C@@H]2C)c(Cl)c1. The van der Waals surface area contributed by atoms with Crippen molar-refractivity contribution in [2.24, 2.45) is 0 Å². The molecule has 2 N–H and O–H groups in total. The number of anilines is 2. The van der Waals surface area contributed by atoms with Gasteiger partial charge >= 0.3 is 5.97 Å². The van der Waals surface area contributed by atoms with Crippen LogP contribution in [0.2, 0.25) is 5.02 Å². The molecular formula is C17H25ClN2O2. The van der Waals surface area contributed by atoms with Gasteiger partial charge in [0.05, 0.1) is 28.6 Å². The molecule has 1 heterocycles. The van der Waals surface area contributed by atoms with Crippen molar-refractivity contribution in [3.8, 4) is 0 Å². The van der Waals surface area contributed by atoms with Crippen LogP contribution in [0.4, 0.5) is 11.4 Å². The zero-order chi connectivity index (χ0) is 16.1. The van der Waals surface area contributed by atoms with Crippen molar-refractivity contribution < 1.29 is 9.53 Å². The Hall–Kier alpha value is -1.42. The Kier molecular flexibility index (Phi) is 5.95. The van der Waals surface area contributed by atoms with Crippen LogP contribution in [0.5, 0.6) is 0 Å². The highest BCUT2D eigenvalue weighted by molar-refractivity contribution is 6.34. The molecule has 1 aromatic carbocycles. The quantitative estimate of drug-likeness (QED) is 0.499. The van der Waals surface area contributed by atoms with Gasteiger partial charge in [-0.25, -0.2) is 4.79 Å². The third kappa shape index (κ3) is 3.86. The molecule has 0 unspecified atom stereocenters. The number of benzene rings is 1. The van der Waals surface area contributed by atoms with Gasteiger partial charge in [0.2, 0.25) is 0 Å². The summed E-state index contributed by atoms with van der Waals surface area (Å²) in [6.45, 7) is 5.61. The van der Waals surface area contributed by atoms with Crippen LogP contribution in [0, 0.1) is 0 Å². The zero-order valence-corrected chi connectivity index (χ0v) is 14.2. The van der Waals surface area contributed by atoms with Crippen LogP contribution in [0.25, 0.3) is 0 Å². The van der Waals surface area contributed by atoms with E-state index in [9.17, 15) is 4.79 Å². The zero-order valence-electron chi connectivity index (χ0n) is 13.4. The first kappa shape index (κ1) is 16.9. The van der Waals surface area contributed by atoms with Crippen LogP contribution in [0.1, 0.15) is 56.3 Å². The largest absolute Gasteiger partial charge is 0.462 e. The fourth-order valence-electron chi connectivity index (χ4n) is 2.86. The number of carbonyl (C=O) groups is 1. The molecule has 1 aliphatic rings. The second-order valence-electron chi connectivity index (χ2n) is 5.92. The molecule has 0 radical (unpaired) electrons. The fourth-order valence-corrected chi connectivity index (χ4v) is 3.20. The van der Waals surface area contributed by atoms with E-state index in [1.54, 1.807) is 12.1 Å². The van der Waals surface area contributed by atoms with Crippen LogP contribution < -0.4 is 10.6 Å². The lowest BCUT2D eigenvalue weighted by atomic mass is 10.0. The van der Waals surface area contributed by atoms with E-state index in [0.29, 0.717) is 28.9 Å². The van der Waals surface area contributed by atoms with Crippen LogP contribution >= 0.6 is 11.6 Å². The summed E-state index contributed by atoms with van der Waals surface area (Å²) in [5.74, 6) is -0.361. The van der Waals surface area contributed by atoms with Gasteiger partial charge in [-0.3, -0.25) is 0 Å². The highest BCUT2D eigenvalue weighted by atomic mass is 35.5. The molecule has 0 bridgehead atoms. The molecule has 1 saturated heterocycles. The predicted molar refractivity (Wildman–Crippen MR) is 91.7 cm³/mol. The lowest BCUT2D eigenvalue weighted by Gasteiger charge is -2.36. The second kappa shape index (κ2) is 7.73. The molecule has 2 rings (SSSR count). The van der Waals surface area contributed by atoms with Gasteiger partial charge in [0.1, 0.15) is 0 Å². The van der Waals surface area contributed by atoms with E-state index in [4.69, 9.17) is 22.1 Å². The molecule has 0 aromatic heterocycles. The van der Waals surface area contributed by atoms with Gasteiger partial charge < -0.3 is 15.4 Å². The van der Waals surface area contributed by atoms with Crippen molar-refractivity contribution in [1.82, 2.24) is 0 Å². The molecule has 4 nitrogen and oxygen atoms in total. The number of hydrogen-bond acceptors (Lipinski definition) is 4. The van der Waals surface area contributed by atoms with Gasteiger partial charge in [-0.15, -0.1) is 0 Å². The molecule has 5 heteroatoms. The Morgan fingerprint density at radius 1 is 1.45 bits per heavy atom. The molecule has 1 atom stereocenters. The summed E-state index contributed by atoms with van der Waals surface area (Å²) < 4.78 is 5.22. The first-order valence-electron chi connectivity index (χ1n) is 8.07. The molecule has 0 amide bonds. The third-order valence-corrected chi connectivity index (χ3v) is 4.44. The van der Waals surface area contributed by atoms with Crippen LogP contribution in [-0.4, -0.2) is 25.2 Å². The minimum Gasteiger partial charge on any atom is -0.462 e. The number of ether oxygens (including phenoxy) is 1. The smallest absolute Gasteiger partial charge is 0.338 e. The number of nitrogens with zero attached hydrogens (tertiary/aromatic N) is 1. The third-order valence-electron chi connectivity index (χ3n) is 4.15. The van der Waals surface area contributed by atoms with E-state index in [2.05, 4.69) is 18.7 Å². The maximum absolute atomic E-state index is 12.0. The van der Waals surface area contributed by atoms with Crippen molar-refractivity contribution in [3.63, 3.8) is 0 Å². The molecular weight excluding hydrogens is 300 g/mol. The number of piperidine rings is 1. The number of hydrogen-bond donors (Lipinski definition) is 1. The molecule has 0 spiro atoms. The highest BCUT2D eigenvalue weighted by Gasteiger charge is 2.24. The van der Waals surface area contributed by atoms with E-state index in [0.717, 1.165) is 37.9 Å². The van der Waals surface area contributed by atoms with Crippen LogP contribution in [0.3, 0.4) is 0 Å². The number of halogens is 1. The summed E-state index contributed by atoms with van der Waals surface area (Å²) in [6.07, 6.45) is 5.36. The average Bonchev–Trinajstić information content (AvgIpc) is 2.48. The Balaban J connectivity index is 2.19. The lowest BCUT2D eigenvalue weighted by Crippen LogP contribution is -2.38. The normalized spacial score (nSPS) is 18.3. The number of unbranched alkanes of at least 4 members (excludes halogenated alkanes) is 1. The second-order valence-corrected chi connectivity index (χ2v) is 6.33. The molecule has 0 saturated carbocycles. The topological polar surface area (TPSA) is 55.6 Å². The fraction of sp³-hybridized carbons (Fsp3) is 0.588. The van der Waals surface area contributed by atoms with E-state index in [1.807, 2.05) is 0 Å². The summed E-state index contributed by atoms with van der Waals surface area (Å²) in [4.78, 5) is 14.3. The number of carbonyl (C=O) groups excluding carboxylic acids is 1. The van der Waals surface area contributed by atoms with Crippen molar-refractivity contribution in [2.75, 3.05) is 23.8 Å². The minimum absolute atomic E-state index is 0.361. The summed E-state index contributed by atoms with van der Waals surface area (Å²) in [5, 5.41) is 0.524. The number of nitrogen functional groups attached to an aromatic ring is 1. The predicted octanol–water partition coefficient (Wildman–Crippen LogP) is 4.26. The molecule has 1 aromatic rings. The molecule has 1 fully saturated rings. The van der Waals surface area contributed by atoms with Crippen molar-refractivity contribution in [1.29, 1.82) is 0 Å². The Morgan fingerprint density at radius 2 is 2.23 bits per heavy atom. The molecule has 1 aliphatic heterocycles. The van der Waals surface area contributed by atoms with E-state index < -0.39 is 0 Å². The average molecular weight is 325 g/mol. The van der Waals surface area contributed by atoms with Gasteiger partial charge in [-0.1, -0.05) is 24.9 Å². The van der Waals surface area contributed by atoms with Gasteiger partial charge in [0, 0.05) is 12.6 Å². The first-order chi connectivity index (χ1) is 10.5. The van der Waals surface area contributed by atoms with Gasteiger partial charge in [0.25, 0.3) is 0 Å². The Morgan fingerprint density at radius 3 is 2.86 bits per heavy atom. The Bertz CT molecular complexity index is 510. The standard InChI is InChI=1S/C17H25ClN2O2/c1-3-4-9-22-17(21)13-10-14(18)16(15(19)11-13)20-8-6-5-7-12(20)2/h10-12H,3-9,19H2,1-2H3/t12-/m0/s1. The van der Waals surface area contributed by atoms with Crippen LogP contribution in [0.15, 0.2) is 12.1 Å². The maximum atomic E-state index is 12.0. The number of esters is 1. The van der Waals surface area contributed by atoms with Crippen molar-refractivity contribution >= 4 is 28.9 Å². The first-order valence-corrected chi connectivity index (χ1v) is 8.45. The van der Waals surface area contributed by atoms with Gasteiger partial charge in [-0.2, -0.15) is 0 Å². The summed E-state index contributed by atoms with van der Waals surface area (Å²) in [5.41, 5.74) is 7.99. The minimum atomic E-state index is -0.361. The Labute approximate surface area is 137 Å². The summed E-state index contributed by atoms with van der Waals surface area (Å²) in [6, 6.07) is 3.76. The highest BCUT2D eigenvalue weighted by Crippen LogP contribution is 2.37. The molecule has 0 aliphatic carbocycles. The van der Waals surface area contributed by atoms with Gasteiger partial charge in [-0.05, 0) is 44.7 Å². The van der Waals surface area contributed by atoms with Crippen molar-refractivity contribution in [3.05, 3.63) is 22.7 Å². The van der Waals surface area contributed by atoms with E-state index in [1.165, 1.54) is 6.42 Å². The summed E-state index contributed by atoms with van der Waals surface area (Å²) >= 11 is 6.41. The summed E-state index contributed by atoms with van der Waals surface area (Å²) in [7, 11) is 0. The number of nitrogens with two attached hydrogens (primary N) is 1. The van der Waals surface area contributed by atoms with E-state index in [-0.39, 0.29) is 5.97 Å². The molecule has 122 valence electrons. The monoisotopic (exact) mass is 324 g/mol. The molecule has 22 heavy (non-hydrogen) atoms. The van der Waals surface area contributed by atoms with Crippen molar-refractivity contribution in [2.45, 2.75) is 52.0 Å². The van der Waals surface area contributed by atoms with Gasteiger partial charge in [0.15, 0.2) is 0 Å². The number of rotatable bonds is 5. The van der Waals surface area contributed by atoms with Crippen LogP contribution in [-0.2, 0) is 4.74 Å².